The third-order valence-corrected chi connectivity index (χ3v) is 6.35. The van der Waals surface area contributed by atoms with E-state index in [1.54, 1.807) is 78.7 Å². The van der Waals surface area contributed by atoms with Gasteiger partial charge in [0.05, 0.1) is 25.8 Å². The average Bonchev–Trinajstić information content (AvgIpc) is 3.13. The molecule has 1 aliphatic heterocycles. The number of anilines is 2. The highest BCUT2D eigenvalue weighted by Crippen LogP contribution is 2.30. The van der Waals surface area contributed by atoms with Gasteiger partial charge in [-0.3, -0.25) is 14.5 Å². The van der Waals surface area contributed by atoms with Crippen LogP contribution < -0.4 is 19.7 Å². The number of hydrogen-bond acceptors (Lipinski definition) is 5. The number of nitrogens with zero attached hydrogens (tertiary/aromatic N) is 2. The first-order valence-electron chi connectivity index (χ1n) is 12.0. The predicted molar refractivity (Wildman–Crippen MR) is 144 cm³/mol. The Kier molecular flexibility index (Phi) is 8.35. The van der Waals surface area contributed by atoms with Crippen molar-refractivity contribution in [2.24, 2.45) is 0 Å². The number of carbonyl (C=O) groups is 2. The van der Waals surface area contributed by atoms with Gasteiger partial charge in [-0.25, -0.2) is 4.39 Å². The number of benzene rings is 3. The van der Waals surface area contributed by atoms with Gasteiger partial charge in [0.15, 0.2) is 5.11 Å². The van der Waals surface area contributed by atoms with Crippen LogP contribution in [0.5, 0.6) is 11.5 Å². The van der Waals surface area contributed by atoms with E-state index < -0.39 is 11.9 Å². The molecule has 0 bridgehead atoms. The molecule has 1 atom stereocenters. The lowest BCUT2D eigenvalue weighted by atomic mass is 10.1. The van der Waals surface area contributed by atoms with Crippen molar-refractivity contribution in [1.82, 2.24) is 4.90 Å². The summed E-state index contributed by atoms with van der Waals surface area (Å²) in [7, 11) is 1.55. The number of hydrogen-bond donors (Lipinski definition) is 1. The topological polar surface area (TPSA) is 71.1 Å². The Bertz CT molecular complexity index is 1270. The Morgan fingerprint density at radius 2 is 1.70 bits per heavy atom. The molecule has 4 rings (SSSR count). The van der Waals surface area contributed by atoms with Crippen molar-refractivity contribution in [3.63, 3.8) is 0 Å². The maximum atomic E-state index is 14.5. The molecule has 0 radical (unpaired) electrons. The molecular formula is C28H28FN3O4S. The Balaban J connectivity index is 1.55. The molecule has 2 amide bonds. The summed E-state index contributed by atoms with van der Waals surface area (Å²) < 4.78 is 25.3. The van der Waals surface area contributed by atoms with Crippen LogP contribution in [0.2, 0.25) is 0 Å². The number of nitrogens with one attached hydrogen (secondary N) is 1. The molecule has 0 aliphatic carbocycles. The van der Waals surface area contributed by atoms with Crippen LogP contribution in [0.1, 0.15) is 25.3 Å². The standard InChI is InChI=1S/C28H28FN3O4S/c1-3-16-36-23-12-8-20(9-13-23)30-26(33)17-25-27(34)32(21-10-14-22(35-2)15-11-21)28(37)31(25)18-19-6-4-5-7-24(19)29/h4-15,25H,3,16-18H2,1-2H3,(H,30,33)/t25-/m0/s1. The van der Waals surface area contributed by atoms with Crippen LogP contribution in [0.25, 0.3) is 0 Å². The smallest absolute Gasteiger partial charge is 0.256 e. The van der Waals surface area contributed by atoms with Gasteiger partial charge in [0.25, 0.3) is 5.91 Å². The van der Waals surface area contributed by atoms with E-state index in [-0.39, 0.29) is 29.9 Å². The summed E-state index contributed by atoms with van der Waals surface area (Å²) in [6, 6.07) is 19.3. The normalized spacial score (nSPS) is 15.2. The van der Waals surface area contributed by atoms with Crippen LogP contribution in [0.15, 0.2) is 72.8 Å². The Hall–Kier alpha value is -3.98. The molecule has 0 unspecified atom stereocenters. The second-order valence-corrected chi connectivity index (χ2v) is 8.88. The first kappa shape index (κ1) is 26.1. The van der Waals surface area contributed by atoms with Crippen LogP contribution in [0.3, 0.4) is 0 Å². The van der Waals surface area contributed by atoms with Crippen LogP contribution in [-0.2, 0) is 16.1 Å². The van der Waals surface area contributed by atoms with Gasteiger partial charge in [0.2, 0.25) is 5.91 Å². The lowest BCUT2D eigenvalue weighted by Crippen LogP contribution is -2.37. The van der Waals surface area contributed by atoms with Crippen LogP contribution in [-0.4, -0.2) is 41.6 Å². The molecule has 0 saturated carbocycles. The van der Waals surface area contributed by atoms with E-state index in [1.807, 2.05) is 6.92 Å². The zero-order valence-corrected chi connectivity index (χ0v) is 21.5. The maximum absolute atomic E-state index is 14.5. The molecule has 9 heteroatoms. The fourth-order valence-electron chi connectivity index (χ4n) is 4.03. The number of thiocarbonyl (C=S) groups is 1. The molecule has 192 valence electrons. The van der Waals surface area contributed by atoms with Gasteiger partial charge in [-0.2, -0.15) is 0 Å². The summed E-state index contributed by atoms with van der Waals surface area (Å²) in [4.78, 5) is 29.5. The van der Waals surface area contributed by atoms with Crippen LogP contribution >= 0.6 is 12.2 Å². The molecule has 3 aromatic rings. The minimum atomic E-state index is -0.902. The SMILES string of the molecule is CCCOc1ccc(NC(=O)C[C@H]2C(=O)N(c3ccc(OC)cc3)C(=S)N2Cc2ccccc2F)cc1. The Morgan fingerprint density at radius 1 is 1.03 bits per heavy atom. The molecule has 3 aromatic carbocycles. The third kappa shape index (κ3) is 6.06. The van der Waals surface area contributed by atoms with E-state index >= 15 is 0 Å². The minimum absolute atomic E-state index is 0.0469. The van der Waals surface area contributed by atoms with Gasteiger partial charge in [-0.15, -0.1) is 0 Å². The van der Waals surface area contributed by atoms with Crippen molar-refractivity contribution in [1.29, 1.82) is 0 Å². The number of amides is 2. The number of ether oxygens (including phenoxy) is 2. The van der Waals surface area contributed by atoms with Gasteiger partial charge < -0.3 is 19.7 Å². The van der Waals surface area contributed by atoms with E-state index in [1.165, 1.54) is 11.0 Å². The molecule has 1 N–H and O–H groups in total. The predicted octanol–water partition coefficient (Wildman–Crippen LogP) is 5.15. The van der Waals surface area contributed by atoms with Crippen molar-refractivity contribution in [3.05, 3.63) is 84.2 Å². The van der Waals surface area contributed by atoms with Crippen molar-refractivity contribution in [3.8, 4) is 11.5 Å². The fraction of sp³-hybridized carbons (Fsp3) is 0.250. The number of carbonyl (C=O) groups excluding carboxylic acids is 2. The lowest BCUT2D eigenvalue weighted by molar-refractivity contribution is -0.124. The second-order valence-electron chi connectivity index (χ2n) is 8.51. The van der Waals surface area contributed by atoms with E-state index in [4.69, 9.17) is 21.7 Å². The van der Waals surface area contributed by atoms with Crippen LogP contribution in [0, 0.1) is 5.82 Å². The Labute approximate surface area is 220 Å². The highest BCUT2D eigenvalue weighted by atomic mass is 32.1. The Morgan fingerprint density at radius 3 is 2.35 bits per heavy atom. The van der Waals surface area contributed by atoms with E-state index in [0.29, 0.717) is 35.0 Å². The summed E-state index contributed by atoms with van der Waals surface area (Å²) in [5.41, 5.74) is 1.50. The quantitative estimate of drug-likeness (QED) is 0.372. The number of rotatable bonds is 10. The first-order chi connectivity index (χ1) is 17.9. The van der Waals surface area contributed by atoms with Gasteiger partial charge in [0.1, 0.15) is 23.4 Å². The summed E-state index contributed by atoms with van der Waals surface area (Å²) in [5, 5.41) is 3.03. The number of halogens is 1. The highest BCUT2D eigenvalue weighted by Gasteiger charge is 2.44. The van der Waals surface area contributed by atoms with Gasteiger partial charge in [-0.05, 0) is 73.2 Å². The molecule has 37 heavy (non-hydrogen) atoms. The zero-order chi connectivity index (χ0) is 26.4. The summed E-state index contributed by atoms with van der Waals surface area (Å²) in [5.74, 6) is 0.214. The van der Waals surface area contributed by atoms with E-state index in [0.717, 1.165) is 6.42 Å². The average molecular weight is 522 g/mol. The molecule has 7 nitrogen and oxygen atoms in total. The van der Waals surface area contributed by atoms with Crippen molar-refractivity contribution >= 4 is 40.5 Å². The molecular weight excluding hydrogens is 493 g/mol. The molecule has 1 saturated heterocycles. The van der Waals surface area contributed by atoms with Crippen molar-refractivity contribution in [2.75, 3.05) is 23.9 Å². The highest BCUT2D eigenvalue weighted by molar-refractivity contribution is 7.80. The van der Waals surface area contributed by atoms with Gasteiger partial charge >= 0.3 is 0 Å². The van der Waals surface area contributed by atoms with Gasteiger partial charge in [0, 0.05) is 17.8 Å². The molecule has 0 spiro atoms. The third-order valence-electron chi connectivity index (χ3n) is 5.94. The summed E-state index contributed by atoms with van der Waals surface area (Å²) in [6.07, 6.45) is 0.737. The fourth-order valence-corrected chi connectivity index (χ4v) is 4.42. The summed E-state index contributed by atoms with van der Waals surface area (Å²) >= 11 is 5.67. The van der Waals surface area contributed by atoms with Crippen LogP contribution in [0.4, 0.5) is 15.8 Å². The van der Waals surface area contributed by atoms with Crippen molar-refractivity contribution < 1.29 is 23.5 Å². The van der Waals surface area contributed by atoms with E-state index in [2.05, 4.69) is 5.32 Å². The summed E-state index contributed by atoms with van der Waals surface area (Å²) in [6.45, 7) is 2.68. The maximum Gasteiger partial charge on any atom is 0.256 e. The minimum Gasteiger partial charge on any atom is -0.497 e. The first-order valence-corrected chi connectivity index (χ1v) is 12.4. The number of methoxy groups -OCH3 is 1. The molecule has 0 aromatic heterocycles. The monoisotopic (exact) mass is 521 g/mol. The molecule has 1 fully saturated rings. The second kappa shape index (κ2) is 11.8. The zero-order valence-electron chi connectivity index (χ0n) is 20.6. The largest absolute Gasteiger partial charge is 0.497 e. The molecule has 1 heterocycles. The van der Waals surface area contributed by atoms with Gasteiger partial charge in [-0.1, -0.05) is 25.1 Å². The van der Waals surface area contributed by atoms with E-state index in [9.17, 15) is 14.0 Å². The lowest BCUT2D eigenvalue weighted by Gasteiger charge is -2.24. The van der Waals surface area contributed by atoms with Crippen molar-refractivity contribution in [2.45, 2.75) is 32.4 Å². The molecule has 1 aliphatic rings.